The predicted octanol–water partition coefficient (Wildman–Crippen LogP) is 3.93. The molecule has 2 aromatic rings. The Balaban J connectivity index is 1.75. The topological polar surface area (TPSA) is 64.3 Å². The molecule has 1 aliphatic rings. The van der Waals surface area contributed by atoms with Crippen LogP contribution in [0.5, 0.6) is 0 Å². The summed E-state index contributed by atoms with van der Waals surface area (Å²) in [5.41, 5.74) is 4.42. The third-order valence-corrected chi connectivity index (χ3v) is 3.99. The van der Waals surface area contributed by atoms with Crippen molar-refractivity contribution >= 4 is 23.4 Å². The lowest BCUT2D eigenvalue weighted by Crippen LogP contribution is -2.12. The number of aliphatic carboxylic acids is 1. The molecule has 1 N–H and O–H groups in total. The molecule has 1 aliphatic heterocycles. The maximum atomic E-state index is 10.7. The molecule has 0 saturated carbocycles. The lowest BCUT2D eigenvalue weighted by atomic mass is 10.1. The van der Waals surface area contributed by atoms with E-state index in [1.807, 2.05) is 24.3 Å². The molecule has 1 heterocycles. The number of fused-ring (bicyclic) bond motifs is 1. The Morgan fingerprint density at radius 2 is 1.92 bits per heavy atom. The molecule has 0 aliphatic carbocycles. The van der Waals surface area contributed by atoms with Gasteiger partial charge in [-0.2, -0.15) is 5.26 Å². The maximum absolute atomic E-state index is 10.7. The summed E-state index contributed by atoms with van der Waals surface area (Å²) < 4.78 is 0. The molecule has 0 aromatic heterocycles. The second-order valence-electron chi connectivity index (χ2n) is 5.48. The first kappa shape index (κ1) is 15.6. The lowest BCUT2D eigenvalue weighted by Gasteiger charge is -2.19. The molecular weight excluding hydrogens is 300 g/mol. The number of carboxylic acids is 1. The van der Waals surface area contributed by atoms with Crippen LogP contribution in [0.3, 0.4) is 0 Å². The number of nitriles is 1. The Hall–Kier alpha value is -3.32. The normalized spacial score (nSPS) is 13.8. The molecule has 24 heavy (non-hydrogen) atoms. The quantitative estimate of drug-likeness (QED) is 0.527. The first-order valence-corrected chi connectivity index (χ1v) is 7.66. The van der Waals surface area contributed by atoms with E-state index in [-0.39, 0.29) is 5.57 Å². The number of carboxylic acid groups (broad SMARTS) is 1. The summed E-state index contributed by atoms with van der Waals surface area (Å²) in [5, 5.41) is 17.5. The third kappa shape index (κ3) is 3.21. The molecule has 0 amide bonds. The van der Waals surface area contributed by atoms with Gasteiger partial charge in [-0.25, -0.2) is 4.79 Å². The predicted molar refractivity (Wildman–Crippen MR) is 94.0 cm³/mol. The Morgan fingerprint density at radius 1 is 1.17 bits per heavy atom. The van der Waals surface area contributed by atoms with Crippen molar-refractivity contribution in [1.82, 2.24) is 0 Å². The van der Waals surface area contributed by atoms with Gasteiger partial charge in [-0.3, -0.25) is 0 Å². The molecule has 0 unspecified atom stereocenters. The van der Waals surface area contributed by atoms with E-state index in [0.717, 1.165) is 24.2 Å². The average Bonchev–Trinajstić information content (AvgIpc) is 3.03. The zero-order valence-electron chi connectivity index (χ0n) is 13.0. The first-order valence-electron chi connectivity index (χ1n) is 7.66. The SMILES string of the molecule is N#CC(=CC=Cc1ccc(N2CCc3ccccc32)cc1)C(=O)O. The van der Waals surface area contributed by atoms with Gasteiger partial charge in [0.05, 0.1) is 0 Å². The molecule has 0 saturated heterocycles. The Labute approximate surface area is 140 Å². The fourth-order valence-corrected chi connectivity index (χ4v) is 2.78. The fraction of sp³-hybridized carbons (Fsp3) is 0.100. The number of rotatable bonds is 4. The van der Waals surface area contributed by atoms with Gasteiger partial charge in [-0.05, 0) is 41.8 Å². The van der Waals surface area contributed by atoms with Crippen LogP contribution in [0, 0.1) is 11.3 Å². The second kappa shape index (κ2) is 6.84. The number of para-hydroxylation sites is 1. The smallest absolute Gasteiger partial charge is 0.346 e. The first-order chi connectivity index (χ1) is 11.7. The summed E-state index contributed by atoms with van der Waals surface area (Å²) in [4.78, 5) is 13.0. The van der Waals surface area contributed by atoms with Crippen molar-refractivity contribution in [3.63, 3.8) is 0 Å². The van der Waals surface area contributed by atoms with E-state index in [9.17, 15) is 4.79 Å². The summed E-state index contributed by atoms with van der Waals surface area (Å²) >= 11 is 0. The van der Waals surface area contributed by atoms with Crippen LogP contribution in [0.15, 0.2) is 66.3 Å². The molecule has 0 bridgehead atoms. The summed E-state index contributed by atoms with van der Waals surface area (Å²) in [7, 11) is 0. The second-order valence-corrected chi connectivity index (χ2v) is 5.48. The largest absolute Gasteiger partial charge is 0.477 e. The van der Waals surface area contributed by atoms with Crippen LogP contribution in [-0.2, 0) is 11.2 Å². The zero-order valence-corrected chi connectivity index (χ0v) is 13.0. The van der Waals surface area contributed by atoms with Gasteiger partial charge in [0, 0.05) is 17.9 Å². The fourth-order valence-electron chi connectivity index (χ4n) is 2.78. The maximum Gasteiger partial charge on any atom is 0.346 e. The van der Waals surface area contributed by atoms with Crippen molar-refractivity contribution in [2.45, 2.75) is 6.42 Å². The van der Waals surface area contributed by atoms with E-state index < -0.39 is 5.97 Å². The molecule has 0 spiro atoms. The summed E-state index contributed by atoms with van der Waals surface area (Å²) in [5.74, 6) is -1.22. The van der Waals surface area contributed by atoms with E-state index in [4.69, 9.17) is 10.4 Å². The summed E-state index contributed by atoms with van der Waals surface area (Å²) in [6.07, 6.45) is 5.70. The van der Waals surface area contributed by atoms with Gasteiger partial charge in [0.25, 0.3) is 0 Å². The van der Waals surface area contributed by atoms with Crippen molar-refractivity contribution in [3.8, 4) is 6.07 Å². The van der Waals surface area contributed by atoms with Gasteiger partial charge in [-0.15, -0.1) is 0 Å². The minimum absolute atomic E-state index is 0.281. The molecule has 4 heteroatoms. The molecule has 4 nitrogen and oxygen atoms in total. The number of carbonyl (C=O) groups is 1. The van der Waals surface area contributed by atoms with Gasteiger partial charge >= 0.3 is 5.97 Å². The highest BCUT2D eigenvalue weighted by Gasteiger charge is 2.19. The van der Waals surface area contributed by atoms with E-state index in [1.165, 1.54) is 17.3 Å². The van der Waals surface area contributed by atoms with Crippen LogP contribution < -0.4 is 4.90 Å². The van der Waals surface area contributed by atoms with Crippen LogP contribution in [0.4, 0.5) is 11.4 Å². The number of allylic oxidation sites excluding steroid dienone is 2. The Morgan fingerprint density at radius 3 is 2.62 bits per heavy atom. The van der Waals surface area contributed by atoms with Crippen LogP contribution >= 0.6 is 0 Å². The number of benzene rings is 2. The van der Waals surface area contributed by atoms with Gasteiger partial charge in [-0.1, -0.05) is 42.5 Å². The molecule has 3 rings (SSSR count). The highest BCUT2D eigenvalue weighted by Crippen LogP contribution is 2.34. The van der Waals surface area contributed by atoms with Crippen molar-refractivity contribution < 1.29 is 9.90 Å². The van der Waals surface area contributed by atoms with E-state index >= 15 is 0 Å². The molecule has 0 radical (unpaired) electrons. The molecule has 0 fully saturated rings. The minimum Gasteiger partial charge on any atom is -0.477 e. The molecule has 2 aromatic carbocycles. The number of nitrogens with zero attached hydrogens (tertiary/aromatic N) is 2. The van der Waals surface area contributed by atoms with Gasteiger partial charge in [0.1, 0.15) is 11.6 Å². The van der Waals surface area contributed by atoms with E-state index in [1.54, 1.807) is 18.2 Å². The monoisotopic (exact) mass is 316 g/mol. The molecular formula is C20H16N2O2. The van der Waals surface area contributed by atoms with Gasteiger partial charge in [0.2, 0.25) is 0 Å². The van der Waals surface area contributed by atoms with Crippen molar-refractivity contribution in [3.05, 3.63) is 77.4 Å². The van der Waals surface area contributed by atoms with Crippen molar-refractivity contribution in [2.24, 2.45) is 0 Å². The van der Waals surface area contributed by atoms with E-state index in [2.05, 4.69) is 29.2 Å². The van der Waals surface area contributed by atoms with Crippen LogP contribution in [0.2, 0.25) is 0 Å². The van der Waals surface area contributed by atoms with E-state index in [0.29, 0.717) is 0 Å². The summed E-state index contributed by atoms with van der Waals surface area (Å²) in [6.45, 7) is 0.974. The van der Waals surface area contributed by atoms with Crippen molar-refractivity contribution in [1.29, 1.82) is 5.26 Å². The van der Waals surface area contributed by atoms with Crippen molar-refractivity contribution in [2.75, 3.05) is 11.4 Å². The molecule has 0 atom stereocenters. The highest BCUT2D eigenvalue weighted by molar-refractivity contribution is 5.91. The Bertz CT molecular complexity index is 858. The molecule has 118 valence electrons. The lowest BCUT2D eigenvalue weighted by molar-refractivity contribution is -0.132. The van der Waals surface area contributed by atoms with Gasteiger partial charge < -0.3 is 10.0 Å². The number of anilines is 2. The third-order valence-electron chi connectivity index (χ3n) is 3.99. The van der Waals surface area contributed by atoms with Crippen LogP contribution in [-0.4, -0.2) is 17.6 Å². The minimum atomic E-state index is -1.22. The number of hydrogen-bond donors (Lipinski definition) is 1. The number of hydrogen-bond acceptors (Lipinski definition) is 3. The Kier molecular flexibility index (Phi) is 4.44. The summed E-state index contributed by atoms with van der Waals surface area (Å²) in [6, 6.07) is 18.1. The van der Waals surface area contributed by atoms with Crippen LogP contribution in [0.25, 0.3) is 6.08 Å². The zero-order chi connectivity index (χ0) is 16.9. The highest BCUT2D eigenvalue weighted by atomic mass is 16.4. The standard InChI is InChI=1S/C20H16N2O2/c21-14-17(20(23)24)6-3-4-15-8-10-18(11-9-15)22-13-12-16-5-1-2-7-19(16)22/h1-11H,12-13H2,(H,23,24). The van der Waals surface area contributed by atoms with Crippen LogP contribution in [0.1, 0.15) is 11.1 Å². The average molecular weight is 316 g/mol. The van der Waals surface area contributed by atoms with Gasteiger partial charge in [0.15, 0.2) is 0 Å².